The predicted molar refractivity (Wildman–Crippen MR) is 125 cm³/mol. The van der Waals surface area contributed by atoms with E-state index in [1.807, 2.05) is 18.2 Å². The van der Waals surface area contributed by atoms with Crippen LogP contribution in [0.3, 0.4) is 0 Å². The summed E-state index contributed by atoms with van der Waals surface area (Å²) >= 11 is 0. The first-order valence-electron chi connectivity index (χ1n) is 11.5. The van der Waals surface area contributed by atoms with E-state index in [4.69, 9.17) is 9.47 Å². The molecule has 180 valence electrons. The van der Waals surface area contributed by atoms with Crippen molar-refractivity contribution >= 4 is 15.7 Å². The Kier molecular flexibility index (Phi) is 7.51. The van der Waals surface area contributed by atoms with Crippen LogP contribution in [0.4, 0.5) is 10.1 Å². The molecule has 1 aromatic carbocycles. The van der Waals surface area contributed by atoms with E-state index < -0.39 is 16.7 Å². The van der Waals surface area contributed by atoms with E-state index in [1.54, 1.807) is 12.1 Å². The van der Waals surface area contributed by atoms with Gasteiger partial charge in [0.25, 0.3) is 10.0 Å². The van der Waals surface area contributed by atoms with Gasteiger partial charge in [0, 0.05) is 25.2 Å². The van der Waals surface area contributed by atoms with Gasteiger partial charge in [0.15, 0.2) is 0 Å². The van der Waals surface area contributed by atoms with E-state index in [2.05, 4.69) is 21.5 Å². The minimum absolute atomic E-state index is 0.0911. The number of hydrogen-bond acceptors (Lipinski definition) is 6. The zero-order valence-corrected chi connectivity index (χ0v) is 20.0. The predicted octanol–water partition coefficient (Wildman–Crippen LogP) is 3.54. The molecule has 0 bridgehead atoms. The first-order valence-corrected chi connectivity index (χ1v) is 13.0. The van der Waals surface area contributed by atoms with Crippen LogP contribution in [0.5, 0.6) is 5.88 Å². The zero-order valence-electron chi connectivity index (χ0n) is 19.2. The summed E-state index contributed by atoms with van der Waals surface area (Å²) in [4.78, 5) is 7.15. The monoisotopic (exact) mass is 477 g/mol. The van der Waals surface area contributed by atoms with Gasteiger partial charge in [-0.15, -0.1) is 0 Å². The van der Waals surface area contributed by atoms with Gasteiger partial charge in [-0.05, 0) is 61.1 Å². The first kappa shape index (κ1) is 23.9. The molecule has 4 rings (SSSR count). The molecule has 0 amide bonds. The van der Waals surface area contributed by atoms with Gasteiger partial charge in [-0.25, -0.2) is 17.8 Å². The highest BCUT2D eigenvalue weighted by atomic mass is 32.2. The number of methoxy groups -OCH3 is 1. The maximum absolute atomic E-state index is 13.1. The van der Waals surface area contributed by atoms with Gasteiger partial charge in [0.1, 0.15) is 12.4 Å². The van der Waals surface area contributed by atoms with Crippen molar-refractivity contribution in [2.24, 2.45) is 0 Å². The van der Waals surface area contributed by atoms with Crippen molar-refractivity contribution in [3.05, 3.63) is 47.2 Å². The van der Waals surface area contributed by atoms with E-state index in [0.717, 1.165) is 62.1 Å². The Hall–Kier alpha value is -2.23. The average molecular weight is 478 g/mol. The van der Waals surface area contributed by atoms with Crippen molar-refractivity contribution < 1.29 is 22.3 Å². The van der Waals surface area contributed by atoms with E-state index in [1.165, 1.54) is 7.11 Å². The van der Waals surface area contributed by atoms with E-state index in [9.17, 15) is 12.8 Å². The lowest BCUT2D eigenvalue weighted by Gasteiger charge is -2.35. The number of alkyl halides is 1. The third-order valence-corrected chi connectivity index (χ3v) is 7.97. The van der Waals surface area contributed by atoms with Gasteiger partial charge < -0.3 is 14.4 Å². The van der Waals surface area contributed by atoms with Crippen molar-refractivity contribution in [2.45, 2.75) is 49.5 Å². The lowest BCUT2D eigenvalue weighted by Crippen LogP contribution is -2.30. The number of rotatable bonds is 9. The largest absolute Gasteiger partial charge is 0.479 e. The Balaban J connectivity index is 1.47. The summed E-state index contributed by atoms with van der Waals surface area (Å²) in [6.07, 6.45) is 3.39. The molecule has 7 nitrogen and oxygen atoms in total. The third kappa shape index (κ3) is 5.47. The van der Waals surface area contributed by atoms with Crippen molar-refractivity contribution in [3.63, 3.8) is 0 Å². The van der Waals surface area contributed by atoms with Crippen LogP contribution in [-0.2, 0) is 27.6 Å². The van der Waals surface area contributed by atoms with Gasteiger partial charge in [0.2, 0.25) is 5.88 Å². The lowest BCUT2D eigenvalue weighted by molar-refractivity contribution is -0.0153. The van der Waals surface area contributed by atoms with E-state index in [0.29, 0.717) is 11.6 Å². The van der Waals surface area contributed by atoms with Gasteiger partial charge in [-0.2, -0.15) is 0 Å². The number of likely N-dealkylation sites (N-methyl/N-ethyl adjacent to an activating group) is 1. The number of ether oxygens (including phenoxy) is 2. The Morgan fingerprint density at radius 1 is 1.18 bits per heavy atom. The maximum atomic E-state index is 13.1. The van der Waals surface area contributed by atoms with Gasteiger partial charge in [-0.1, -0.05) is 19.1 Å². The summed E-state index contributed by atoms with van der Waals surface area (Å²) in [6, 6.07) is 8.79. The Labute approximate surface area is 195 Å². The molecule has 1 fully saturated rings. The van der Waals surface area contributed by atoms with Crippen LogP contribution in [0.2, 0.25) is 0 Å². The maximum Gasteiger partial charge on any atom is 0.262 e. The molecule has 33 heavy (non-hydrogen) atoms. The molecule has 0 unspecified atom stereocenters. The number of nitrogens with zero attached hydrogens (tertiary/aromatic N) is 2. The van der Waals surface area contributed by atoms with Crippen molar-refractivity contribution in [1.29, 1.82) is 0 Å². The molecule has 1 saturated carbocycles. The highest BCUT2D eigenvalue weighted by molar-refractivity contribution is 7.92. The minimum atomic E-state index is -3.80. The highest BCUT2D eigenvalue weighted by Gasteiger charge is 2.31. The lowest BCUT2D eigenvalue weighted by atomic mass is 9.77. The molecule has 2 aliphatic rings. The SMILES string of the molecule is CCN1CCc2cc(NS(=O)(=O)c3ccc([C@H]4C[C@H](OCCF)C4)cc3)c(OC)nc2CC1. The minimum Gasteiger partial charge on any atom is -0.479 e. The number of benzene rings is 1. The molecule has 1 aromatic heterocycles. The summed E-state index contributed by atoms with van der Waals surface area (Å²) in [5, 5.41) is 0. The van der Waals surface area contributed by atoms with Crippen LogP contribution in [0.25, 0.3) is 0 Å². The normalized spacial score (nSPS) is 21.1. The second kappa shape index (κ2) is 10.4. The second-order valence-electron chi connectivity index (χ2n) is 8.61. The molecular formula is C24H32FN3O4S. The fourth-order valence-electron chi connectivity index (χ4n) is 4.51. The molecule has 0 radical (unpaired) electrons. The Morgan fingerprint density at radius 3 is 2.58 bits per heavy atom. The molecule has 0 atom stereocenters. The molecule has 9 heteroatoms. The average Bonchev–Trinajstić information content (AvgIpc) is 2.99. The summed E-state index contributed by atoms with van der Waals surface area (Å²) in [7, 11) is -2.30. The molecule has 2 heterocycles. The van der Waals surface area contributed by atoms with E-state index in [-0.39, 0.29) is 23.5 Å². The van der Waals surface area contributed by atoms with Gasteiger partial charge in [-0.3, -0.25) is 4.72 Å². The fraction of sp³-hybridized carbons (Fsp3) is 0.542. The van der Waals surface area contributed by atoms with Gasteiger partial charge >= 0.3 is 0 Å². The molecule has 1 aliphatic heterocycles. The van der Waals surface area contributed by atoms with Crippen LogP contribution in [-0.4, -0.2) is 64.4 Å². The highest BCUT2D eigenvalue weighted by Crippen LogP contribution is 2.39. The number of sulfonamides is 1. The van der Waals surface area contributed by atoms with E-state index >= 15 is 0 Å². The van der Waals surface area contributed by atoms with Crippen LogP contribution in [0.15, 0.2) is 35.2 Å². The molecule has 1 aliphatic carbocycles. The summed E-state index contributed by atoms with van der Waals surface area (Å²) in [5.74, 6) is 0.601. The van der Waals surface area contributed by atoms with Crippen molar-refractivity contribution in [1.82, 2.24) is 9.88 Å². The van der Waals surface area contributed by atoms with Crippen LogP contribution < -0.4 is 9.46 Å². The molecular weight excluding hydrogens is 445 g/mol. The smallest absolute Gasteiger partial charge is 0.262 e. The topological polar surface area (TPSA) is 80.8 Å². The third-order valence-electron chi connectivity index (χ3n) is 6.59. The number of fused-ring (bicyclic) bond motifs is 1. The van der Waals surface area contributed by atoms with Crippen LogP contribution in [0.1, 0.15) is 42.5 Å². The molecule has 0 saturated heterocycles. The van der Waals surface area contributed by atoms with Crippen LogP contribution in [0, 0.1) is 0 Å². The quantitative estimate of drug-likeness (QED) is 0.595. The first-order chi connectivity index (χ1) is 15.9. The number of anilines is 1. The van der Waals surface area contributed by atoms with Crippen LogP contribution >= 0.6 is 0 Å². The number of halogens is 1. The number of nitrogens with one attached hydrogen (secondary N) is 1. The van der Waals surface area contributed by atoms with Crippen molar-refractivity contribution in [3.8, 4) is 5.88 Å². The fourth-order valence-corrected chi connectivity index (χ4v) is 5.56. The second-order valence-corrected chi connectivity index (χ2v) is 10.3. The Bertz CT molecular complexity index is 1060. The number of hydrogen-bond donors (Lipinski definition) is 1. The standard InChI is InChI=1S/C24H32FN3O4S/c1-3-28-11-8-18-16-23(24(31-2)26-22(18)9-12-28)27-33(29,30)21-6-4-17(5-7-21)19-14-20(15-19)32-13-10-25/h4-7,16,19-20,27H,3,8-15H2,1-2H3/t19-,20-. The van der Waals surface area contributed by atoms with Crippen molar-refractivity contribution in [2.75, 3.05) is 44.7 Å². The molecule has 1 N–H and O–H groups in total. The summed E-state index contributed by atoms with van der Waals surface area (Å²) in [6.45, 7) is 4.64. The number of aromatic nitrogens is 1. The zero-order chi connectivity index (χ0) is 23.4. The Morgan fingerprint density at radius 2 is 1.91 bits per heavy atom. The summed E-state index contributed by atoms with van der Waals surface area (Å²) in [5.41, 5.74) is 3.44. The number of pyridine rings is 1. The van der Waals surface area contributed by atoms with Gasteiger partial charge in [0.05, 0.1) is 24.7 Å². The molecule has 0 spiro atoms. The molecule has 2 aromatic rings. The summed E-state index contributed by atoms with van der Waals surface area (Å²) < 4.78 is 51.9.